The predicted molar refractivity (Wildman–Crippen MR) is 79.9 cm³/mol. The molecule has 1 aliphatic heterocycles. The highest BCUT2D eigenvalue weighted by Gasteiger charge is 2.13. The molecule has 0 radical (unpaired) electrons. The molecule has 0 spiro atoms. The van der Waals surface area contributed by atoms with E-state index in [1.165, 1.54) is 6.39 Å². The SMILES string of the molecule is O=C(CN1CCNCC1)Nc1ccc(-c2cnco2)cc1. The van der Waals surface area contributed by atoms with E-state index in [9.17, 15) is 4.79 Å². The zero-order valence-electron chi connectivity index (χ0n) is 11.7. The molecule has 0 aliphatic carbocycles. The van der Waals surface area contributed by atoms with Crippen molar-refractivity contribution in [3.8, 4) is 11.3 Å². The lowest BCUT2D eigenvalue weighted by Gasteiger charge is -2.26. The topological polar surface area (TPSA) is 70.4 Å². The number of piperazine rings is 1. The van der Waals surface area contributed by atoms with Gasteiger partial charge in [-0.3, -0.25) is 9.69 Å². The standard InChI is InChI=1S/C15H18N4O2/c20-15(10-19-7-5-16-6-8-19)18-13-3-1-12(2-4-13)14-9-17-11-21-14/h1-4,9,11,16H,5-8,10H2,(H,18,20). The lowest BCUT2D eigenvalue weighted by Crippen LogP contribution is -2.46. The molecule has 21 heavy (non-hydrogen) atoms. The number of benzene rings is 1. The zero-order chi connectivity index (χ0) is 14.5. The maximum Gasteiger partial charge on any atom is 0.238 e. The highest BCUT2D eigenvalue weighted by atomic mass is 16.3. The van der Waals surface area contributed by atoms with Crippen LogP contribution >= 0.6 is 0 Å². The van der Waals surface area contributed by atoms with Gasteiger partial charge in [0.2, 0.25) is 5.91 Å². The second-order valence-corrected chi connectivity index (χ2v) is 5.02. The van der Waals surface area contributed by atoms with Crippen LogP contribution in [0, 0.1) is 0 Å². The van der Waals surface area contributed by atoms with E-state index in [2.05, 4.69) is 20.5 Å². The minimum atomic E-state index is 0.0179. The van der Waals surface area contributed by atoms with E-state index in [0.717, 1.165) is 37.4 Å². The summed E-state index contributed by atoms with van der Waals surface area (Å²) in [7, 11) is 0. The smallest absolute Gasteiger partial charge is 0.238 e. The molecule has 1 aromatic heterocycles. The minimum Gasteiger partial charge on any atom is -0.444 e. The van der Waals surface area contributed by atoms with Gasteiger partial charge in [-0.1, -0.05) is 0 Å². The first kappa shape index (κ1) is 13.8. The second-order valence-electron chi connectivity index (χ2n) is 5.02. The molecule has 1 saturated heterocycles. The van der Waals surface area contributed by atoms with Crippen molar-refractivity contribution in [2.75, 3.05) is 38.0 Å². The van der Waals surface area contributed by atoms with E-state index in [-0.39, 0.29) is 5.91 Å². The number of hydrogen-bond acceptors (Lipinski definition) is 5. The molecule has 1 aliphatic rings. The average molecular weight is 286 g/mol. The molecular weight excluding hydrogens is 268 g/mol. The summed E-state index contributed by atoms with van der Waals surface area (Å²) in [4.78, 5) is 18.0. The predicted octanol–water partition coefficient (Wildman–Crippen LogP) is 1.19. The molecule has 0 unspecified atom stereocenters. The molecule has 1 aromatic carbocycles. The Labute approximate surface area is 123 Å². The average Bonchev–Trinajstić information content (AvgIpc) is 3.03. The van der Waals surface area contributed by atoms with Crippen LogP contribution in [0.4, 0.5) is 5.69 Å². The molecule has 2 aromatic rings. The first-order valence-corrected chi connectivity index (χ1v) is 7.03. The summed E-state index contributed by atoms with van der Waals surface area (Å²) in [6.45, 7) is 4.15. The Bertz CT molecular complexity index is 574. The van der Waals surface area contributed by atoms with Crippen LogP contribution in [0.5, 0.6) is 0 Å². The molecule has 1 amide bonds. The van der Waals surface area contributed by atoms with Gasteiger partial charge >= 0.3 is 0 Å². The number of hydrogen-bond donors (Lipinski definition) is 2. The van der Waals surface area contributed by atoms with Gasteiger partial charge in [0, 0.05) is 37.4 Å². The van der Waals surface area contributed by atoms with Gasteiger partial charge in [-0.05, 0) is 24.3 Å². The van der Waals surface area contributed by atoms with Crippen molar-refractivity contribution < 1.29 is 9.21 Å². The lowest BCUT2D eigenvalue weighted by atomic mass is 10.1. The summed E-state index contributed by atoms with van der Waals surface area (Å²) >= 11 is 0. The molecule has 110 valence electrons. The number of rotatable bonds is 4. The van der Waals surface area contributed by atoms with Gasteiger partial charge in [-0.25, -0.2) is 4.98 Å². The summed E-state index contributed by atoms with van der Waals surface area (Å²) < 4.78 is 5.23. The Morgan fingerprint density at radius 3 is 2.71 bits per heavy atom. The van der Waals surface area contributed by atoms with Gasteiger partial charge in [0.25, 0.3) is 0 Å². The Hall–Kier alpha value is -2.18. The summed E-state index contributed by atoms with van der Waals surface area (Å²) in [5, 5.41) is 6.18. The maximum atomic E-state index is 12.0. The zero-order valence-corrected chi connectivity index (χ0v) is 11.7. The highest BCUT2D eigenvalue weighted by molar-refractivity contribution is 5.92. The molecule has 0 bridgehead atoms. The van der Waals surface area contributed by atoms with E-state index in [0.29, 0.717) is 12.3 Å². The van der Waals surface area contributed by atoms with E-state index >= 15 is 0 Å². The van der Waals surface area contributed by atoms with E-state index in [1.54, 1.807) is 6.20 Å². The molecule has 6 nitrogen and oxygen atoms in total. The fraction of sp³-hybridized carbons (Fsp3) is 0.333. The molecule has 0 saturated carbocycles. The number of aromatic nitrogens is 1. The number of oxazole rings is 1. The van der Waals surface area contributed by atoms with Crippen LogP contribution in [0.25, 0.3) is 11.3 Å². The van der Waals surface area contributed by atoms with E-state index < -0.39 is 0 Å². The maximum absolute atomic E-state index is 12.0. The summed E-state index contributed by atoms with van der Waals surface area (Å²) in [5.74, 6) is 0.734. The molecule has 2 heterocycles. The molecular formula is C15H18N4O2. The Morgan fingerprint density at radius 1 is 1.29 bits per heavy atom. The Kier molecular flexibility index (Phi) is 4.28. The summed E-state index contributed by atoms with van der Waals surface area (Å²) in [5.41, 5.74) is 1.73. The van der Waals surface area contributed by atoms with Crippen molar-refractivity contribution in [2.24, 2.45) is 0 Å². The number of anilines is 1. The van der Waals surface area contributed by atoms with Crippen LogP contribution in [0.3, 0.4) is 0 Å². The molecule has 2 N–H and O–H groups in total. The Morgan fingerprint density at radius 2 is 2.05 bits per heavy atom. The third kappa shape index (κ3) is 3.68. The van der Waals surface area contributed by atoms with Crippen LogP contribution < -0.4 is 10.6 Å². The minimum absolute atomic E-state index is 0.0179. The van der Waals surface area contributed by atoms with Crippen molar-refractivity contribution in [3.63, 3.8) is 0 Å². The van der Waals surface area contributed by atoms with Gasteiger partial charge in [0.1, 0.15) is 0 Å². The first-order valence-electron chi connectivity index (χ1n) is 7.03. The quantitative estimate of drug-likeness (QED) is 0.883. The number of nitrogens with zero attached hydrogens (tertiary/aromatic N) is 2. The van der Waals surface area contributed by atoms with Crippen molar-refractivity contribution in [1.29, 1.82) is 0 Å². The van der Waals surface area contributed by atoms with Crippen LogP contribution in [-0.4, -0.2) is 48.5 Å². The van der Waals surface area contributed by atoms with Crippen LogP contribution in [0.15, 0.2) is 41.3 Å². The van der Waals surface area contributed by atoms with E-state index in [4.69, 9.17) is 4.42 Å². The van der Waals surface area contributed by atoms with Gasteiger partial charge in [-0.2, -0.15) is 0 Å². The fourth-order valence-electron chi connectivity index (χ4n) is 2.35. The van der Waals surface area contributed by atoms with Crippen molar-refractivity contribution in [1.82, 2.24) is 15.2 Å². The van der Waals surface area contributed by atoms with Crippen LogP contribution in [-0.2, 0) is 4.79 Å². The Balaban J connectivity index is 1.56. The monoisotopic (exact) mass is 286 g/mol. The van der Waals surface area contributed by atoms with Gasteiger partial charge in [-0.15, -0.1) is 0 Å². The number of carbonyl (C=O) groups excluding carboxylic acids is 1. The van der Waals surface area contributed by atoms with Gasteiger partial charge < -0.3 is 15.1 Å². The number of carbonyl (C=O) groups is 1. The second kappa shape index (κ2) is 6.51. The van der Waals surface area contributed by atoms with Gasteiger partial charge in [0.15, 0.2) is 12.2 Å². The van der Waals surface area contributed by atoms with Crippen LogP contribution in [0.2, 0.25) is 0 Å². The van der Waals surface area contributed by atoms with Crippen molar-refractivity contribution >= 4 is 11.6 Å². The molecule has 0 atom stereocenters. The molecule has 6 heteroatoms. The largest absolute Gasteiger partial charge is 0.444 e. The fourth-order valence-corrected chi connectivity index (χ4v) is 2.35. The third-order valence-electron chi connectivity index (χ3n) is 3.46. The summed E-state index contributed by atoms with van der Waals surface area (Å²) in [6.07, 6.45) is 3.07. The number of amides is 1. The molecule has 1 fully saturated rings. The number of nitrogens with one attached hydrogen (secondary N) is 2. The normalized spacial score (nSPS) is 15.8. The van der Waals surface area contributed by atoms with Crippen LogP contribution in [0.1, 0.15) is 0 Å². The highest BCUT2D eigenvalue weighted by Crippen LogP contribution is 2.20. The third-order valence-corrected chi connectivity index (χ3v) is 3.46. The molecule has 3 rings (SSSR count). The van der Waals surface area contributed by atoms with Crippen molar-refractivity contribution in [3.05, 3.63) is 36.9 Å². The summed E-state index contributed by atoms with van der Waals surface area (Å²) in [6, 6.07) is 7.54. The van der Waals surface area contributed by atoms with E-state index in [1.807, 2.05) is 24.3 Å². The van der Waals surface area contributed by atoms with Crippen molar-refractivity contribution in [2.45, 2.75) is 0 Å². The lowest BCUT2D eigenvalue weighted by molar-refractivity contribution is -0.117. The first-order chi connectivity index (χ1) is 10.3. The van der Waals surface area contributed by atoms with Gasteiger partial charge in [0.05, 0.1) is 12.7 Å².